The zero-order valence-corrected chi connectivity index (χ0v) is 39.3. The Morgan fingerprint density at radius 3 is 1.23 bits per heavy atom. The van der Waals surface area contributed by atoms with Crippen molar-refractivity contribution >= 4 is 11.4 Å². The van der Waals surface area contributed by atoms with Crippen LogP contribution >= 0.6 is 0 Å². The standard InChI is InChI=1S/C58H61N3O4/c1-56(2,44-14-24-50(25-15-44)64-52-28-20-48(21-29-52)59(7)8)45-16-26-51(27-17-45)65-53-30-22-49(23-31-53)61-37-41-35-47(19-33-55(41)63-39-61)58(5,6)43-12-10-42(11-13-43)57(3,4)46-18-32-54-40(34-46)36-60(9)38-62-54/h10-35H,36-39H2,1-9H3. The van der Waals surface area contributed by atoms with E-state index in [-0.39, 0.29) is 16.2 Å². The van der Waals surface area contributed by atoms with Gasteiger partial charge in [0.2, 0.25) is 0 Å². The van der Waals surface area contributed by atoms with Gasteiger partial charge in [-0.15, -0.1) is 0 Å². The molecule has 9 rings (SSSR count). The largest absolute Gasteiger partial charge is 0.478 e. The fourth-order valence-corrected chi connectivity index (χ4v) is 9.04. The number of anilines is 2. The van der Waals surface area contributed by atoms with Gasteiger partial charge in [-0.3, -0.25) is 4.90 Å². The molecule has 0 bridgehead atoms. The molecule has 0 atom stereocenters. The average Bonchev–Trinajstić information content (AvgIpc) is 3.31. The number of hydrogen-bond donors (Lipinski definition) is 0. The molecule has 2 heterocycles. The first-order chi connectivity index (χ1) is 31.1. The summed E-state index contributed by atoms with van der Waals surface area (Å²) >= 11 is 0. The minimum atomic E-state index is -0.210. The van der Waals surface area contributed by atoms with E-state index in [4.69, 9.17) is 18.9 Å². The summed E-state index contributed by atoms with van der Waals surface area (Å²) in [6.07, 6.45) is 0. The summed E-state index contributed by atoms with van der Waals surface area (Å²) in [5.41, 5.74) is 11.6. The monoisotopic (exact) mass is 863 g/mol. The fraction of sp³-hybridized carbons (Fsp3) is 0.276. The van der Waals surface area contributed by atoms with E-state index < -0.39 is 0 Å². The van der Waals surface area contributed by atoms with Gasteiger partial charge >= 0.3 is 0 Å². The van der Waals surface area contributed by atoms with E-state index in [1.165, 1.54) is 44.5 Å². The topological polar surface area (TPSA) is 46.6 Å². The maximum absolute atomic E-state index is 6.33. The van der Waals surface area contributed by atoms with Crippen LogP contribution in [-0.4, -0.2) is 39.5 Å². The van der Waals surface area contributed by atoms with Crippen molar-refractivity contribution < 1.29 is 18.9 Å². The molecule has 65 heavy (non-hydrogen) atoms. The summed E-state index contributed by atoms with van der Waals surface area (Å²) in [7, 11) is 6.16. The molecule has 0 saturated carbocycles. The lowest BCUT2D eigenvalue weighted by atomic mass is 9.74. The van der Waals surface area contributed by atoms with Crippen molar-refractivity contribution in [1.29, 1.82) is 0 Å². The SMILES string of the molecule is CN1COc2ccc(C(C)(C)c3ccc(C(C)(C)c4ccc5c(c4)CN(c4ccc(Oc6ccc(C(C)(C)c7ccc(Oc8ccc(N(C)C)cc8)cc7)cc6)cc4)CO5)cc3)cc2C1. The molecule has 7 aromatic carbocycles. The highest BCUT2D eigenvalue weighted by atomic mass is 16.5. The van der Waals surface area contributed by atoms with Gasteiger partial charge in [0.15, 0.2) is 6.73 Å². The molecule has 0 saturated heterocycles. The number of hydrogen-bond acceptors (Lipinski definition) is 7. The van der Waals surface area contributed by atoms with Crippen molar-refractivity contribution in [3.05, 3.63) is 202 Å². The van der Waals surface area contributed by atoms with Gasteiger partial charge in [-0.05, 0) is 137 Å². The molecule has 0 N–H and O–H groups in total. The summed E-state index contributed by atoms with van der Waals surface area (Å²) in [5.74, 6) is 5.15. The predicted molar refractivity (Wildman–Crippen MR) is 265 cm³/mol. The van der Waals surface area contributed by atoms with Crippen LogP contribution in [0.3, 0.4) is 0 Å². The lowest BCUT2D eigenvalue weighted by Gasteiger charge is -2.33. The molecule has 7 aromatic rings. The Bertz CT molecular complexity index is 2760. The van der Waals surface area contributed by atoms with Gasteiger partial charge in [0.05, 0.1) is 0 Å². The van der Waals surface area contributed by atoms with E-state index in [1.807, 2.05) is 50.5 Å². The van der Waals surface area contributed by atoms with Gasteiger partial charge in [-0.25, -0.2) is 0 Å². The molecule has 2 aliphatic heterocycles. The van der Waals surface area contributed by atoms with Gasteiger partial charge in [0.25, 0.3) is 0 Å². The van der Waals surface area contributed by atoms with Crippen molar-refractivity contribution in [2.45, 2.75) is 70.9 Å². The van der Waals surface area contributed by atoms with Crippen molar-refractivity contribution in [2.24, 2.45) is 0 Å². The molecule has 332 valence electrons. The molecular weight excluding hydrogens is 803 g/mol. The smallest absolute Gasteiger partial charge is 0.161 e. The second-order valence-corrected chi connectivity index (χ2v) is 19.5. The van der Waals surface area contributed by atoms with E-state index in [0.29, 0.717) is 13.5 Å². The maximum Gasteiger partial charge on any atom is 0.161 e. The molecule has 0 fully saturated rings. The zero-order chi connectivity index (χ0) is 45.5. The van der Waals surface area contributed by atoms with Crippen molar-refractivity contribution in [3.63, 3.8) is 0 Å². The summed E-state index contributed by atoms with van der Waals surface area (Å²) in [5, 5.41) is 0. The van der Waals surface area contributed by atoms with E-state index in [0.717, 1.165) is 59.0 Å². The number of fused-ring (bicyclic) bond motifs is 2. The van der Waals surface area contributed by atoms with Crippen LogP contribution in [0.15, 0.2) is 158 Å². The highest BCUT2D eigenvalue weighted by molar-refractivity contribution is 5.55. The van der Waals surface area contributed by atoms with Crippen LogP contribution in [0.1, 0.15) is 86.1 Å². The quantitative estimate of drug-likeness (QED) is 0.121. The van der Waals surface area contributed by atoms with E-state index in [1.54, 1.807) is 0 Å². The minimum Gasteiger partial charge on any atom is -0.478 e. The second-order valence-electron chi connectivity index (χ2n) is 19.5. The normalized spacial score (nSPS) is 14.1. The first-order valence-corrected chi connectivity index (χ1v) is 22.6. The molecule has 7 nitrogen and oxygen atoms in total. The lowest BCUT2D eigenvalue weighted by molar-refractivity contribution is 0.121. The number of nitrogens with zero attached hydrogens (tertiary/aromatic N) is 3. The van der Waals surface area contributed by atoms with Crippen LogP contribution in [0.2, 0.25) is 0 Å². The number of benzene rings is 7. The Balaban J connectivity index is 0.819. The third-order valence-corrected chi connectivity index (χ3v) is 13.7. The second kappa shape index (κ2) is 17.4. The number of rotatable bonds is 12. The Kier molecular flexibility index (Phi) is 11.6. The fourth-order valence-electron chi connectivity index (χ4n) is 9.04. The number of ether oxygens (including phenoxy) is 4. The van der Waals surface area contributed by atoms with E-state index in [2.05, 4.69) is 185 Å². The molecule has 0 spiro atoms. The van der Waals surface area contributed by atoms with E-state index in [9.17, 15) is 0 Å². The molecule has 7 heteroatoms. The lowest BCUT2D eigenvalue weighted by Crippen LogP contribution is -2.32. The maximum atomic E-state index is 6.33. The summed E-state index contributed by atoms with van der Waals surface area (Å²) in [4.78, 5) is 6.54. The Morgan fingerprint density at radius 2 is 0.785 bits per heavy atom. The molecular formula is C58H61N3O4. The molecule has 2 aliphatic rings. The van der Waals surface area contributed by atoms with Gasteiger partial charge in [0, 0.05) is 65.9 Å². The van der Waals surface area contributed by atoms with Crippen LogP contribution in [0.5, 0.6) is 34.5 Å². The molecule has 0 aliphatic carbocycles. The van der Waals surface area contributed by atoms with Crippen molar-refractivity contribution in [1.82, 2.24) is 4.90 Å². The zero-order valence-electron chi connectivity index (χ0n) is 39.3. The van der Waals surface area contributed by atoms with E-state index >= 15 is 0 Å². The van der Waals surface area contributed by atoms with Crippen LogP contribution in [0.4, 0.5) is 11.4 Å². The molecule has 0 aromatic heterocycles. The van der Waals surface area contributed by atoms with Crippen LogP contribution in [-0.2, 0) is 29.3 Å². The summed E-state index contributed by atoms with van der Waals surface area (Å²) < 4.78 is 24.7. The third-order valence-electron chi connectivity index (χ3n) is 13.7. The highest BCUT2D eigenvalue weighted by Crippen LogP contribution is 2.41. The van der Waals surface area contributed by atoms with Crippen LogP contribution in [0.25, 0.3) is 0 Å². The first kappa shape index (κ1) is 43.5. The van der Waals surface area contributed by atoms with Crippen molar-refractivity contribution in [2.75, 3.05) is 44.4 Å². The van der Waals surface area contributed by atoms with Crippen LogP contribution in [0, 0.1) is 0 Å². The first-order valence-electron chi connectivity index (χ1n) is 22.6. The Morgan fingerprint density at radius 1 is 0.431 bits per heavy atom. The summed E-state index contributed by atoms with van der Waals surface area (Å²) in [6, 6.07) is 55.8. The molecule has 0 amide bonds. The predicted octanol–water partition coefficient (Wildman–Crippen LogP) is 13.5. The molecule has 0 unspecified atom stereocenters. The third kappa shape index (κ3) is 9.03. The minimum absolute atomic E-state index is 0.152. The van der Waals surface area contributed by atoms with Crippen LogP contribution < -0.4 is 28.7 Å². The van der Waals surface area contributed by atoms with Crippen molar-refractivity contribution in [3.8, 4) is 34.5 Å². The Labute approximate surface area is 385 Å². The van der Waals surface area contributed by atoms with Gasteiger partial charge < -0.3 is 28.7 Å². The summed E-state index contributed by atoms with van der Waals surface area (Å²) in [6.45, 7) is 16.5. The van der Waals surface area contributed by atoms with Gasteiger partial charge in [0.1, 0.15) is 41.2 Å². The van der Waals surface area contributed by atoms with Gasteiger partial charge in [-0.2, -0.15) is 0 Å². The highest BCUT2D eigenvalue weighted by Gasteiger charge is 2.30. The average molecular weight is 864 g/mol. The molecule has 0 radical (unpaired) electrons. The Hall–Kier alpha value is -6.70. The van der Waals surface area contributed by atoms with Gasteiger partial charge in [-0.1, -0.05) is 102 Å².